The number of benzene rings is 10. The lowest BCUT2D eigenvalue weighted by Crippen LogP contribution is -2.16. The summed E-state index contributed by atoms with van der Waals surface area (Å²) in [4.78, 5) is 4.58. The highest BCUT2D eigenvalue weighted by Crippen LogP contribution is 2.52. The Hall–Kier alpha value is -7.16. The number of nitrogens with zero attached hydrogens (tertiary/aromatic N) is 2. The van der Waals surface area contributed by atoms with Crippen molar-refractivity contribution in [1.82, 2.24) is 0 Å². The summed E-state index contributed by atoms with van der Waals surface area (Å²) in [5.41, 5.74) is 13.3. The first-order valence-electron chi connectivity index (χ1n) is 20.7. The predicted octanol–water partition coefficient (Wildman–Crippen LogP) is 15.5. The molecule has 0 N–H and O–H groups in total. The van der Waals surface area contributed by atoms with Crippen LogP contribution in [0.2, 0.25) is 0 Å². The van der Waals surface area contributed by atoms with Gasteiger partial charge in [-0.1, -0.05) is 147 Å². The summed E-state index contributed by atoms with van der Waals surface area (Å²) in [5, 5.41) is 5.99. The zero-order chi connectivity index (χ0) is 39.8. The lowest BCUT2D eigenvalue weighted by molar-refractivity contribution is 0.660. The van der Waals surface area contributed by atoms with Gasteiger partial charge >= 0.3 is 0 Å². The Balaban J connectivity index is 1.07. The Labute approximate surface area is 336 Å². The highest BCUT2D eigenvalue weighted by Gasteiger charge is 2.36. The second-order valence-electron chi connectivity index (χ2n) is 15.6. The third-order valence-corrected chi connectivity index (χ3v) is 12.0. The van der Waals surface area contributed by atoms with Gasteiger partial charge in [0.15, 0.2) is 0 Å². The van der Waals surface area contributed by atoms with Crippen LogP contribution in [-0.2, 0) is 5.41 Å². The van der Waals surface area contributed by atoms with Crippen LogP contribution >= 0.6 is 0 Å². The summed E-state index contributed by atoms with van der Waals surface area (Å²) in [6.45, 7) is 4.67. The zero-order valence-electron chi connectivity index (χ0n) is 33.9. The monoisotopic (exact) mass is 730 g/mol. The quantitative estimate of drug-likeness (QED) is 0.151. The van der Waals surface area contributed by atoms with E-state index in [1.165, 1.54) is 22.3 Å². The van der Waals surface area contributed by atoms with Crippen LogP contribution in [0.5, 0.6) is 0 Å². The van der Waals surface area contributed by atoms with Crippen molar-refractivity contribution in [3.8, 4) is 22.3 Å². The fourth-order valence-electron chi connectivity index (χ4n) is 9.26. The van der Waals surface area contributed by atoms with Crippen molar-refractivity contribution in [3.63, 3.8) is 0 Å². The molecule has 0 aromatic heterocycles. The van der Waals surface area contributed by atoms with Crippen LogP contribution in [0.4, 0.5) is 34.1 Å². The Bertz CT molecular complexity index is 3120. The molecule has 11 rings (SSSR count). The van der Waals surface area contributed by atoms with E-state index in [1.807, 2.05) is 24.3 Å². The van der Waals surface area contributed by atoms with E-state index in [4.69, 9.17) is 0 Å². The van der Waals surface area contributed by atoms with Gasteiger partial charge in [0.25, 0.3) is 0 Å². The van der Waals surface area contributed by atoms with Crippen LogP contribution in [0.3, 0.4) is 0 Å². The third-order valence-electron chi connectivity index (χ3n) is 12.0. The largest absolute Gasteiger partial charge is 0.310 e. The Kier molecular flexibility index (Phi) is 7.07. The maximum absolute atomic E-state index is 9.44. The number of para-hydroxylation sites is 4. The molecule has 0 radical (unpaired) electrons. The van der Waals surface area contributed by atoms with E-state index >= 15 is 0 Å². The highest BCUT2D eigenvalue weighted by atomic mass is 15.1. The molecule has 0 amide bonds. The molecule has 0 bridgehead atoms. The van der Waals surface area contributed by atoms with Crippen molar-refractivity contribution in [2.75, 3.05) is 9.80 Å². The molecule has 1 aliphatic carbocycles. The van der Waals surface area contributed by atoms with Crippen molar-refractivity contribution >= 4 is 66.4 Å². The molecule has 0 fully saturated rings. The minimum absolute atomic E-state index is 0.267. The lowest BCUT2D eigenvalue weighted by atomic mass is 9.81. The predicted molar refractivity (Wildman–Crippen MR) is 243 cm³/mol. The van der Waals surface area contributed by atoms with Gasteiger partial charge in [0.2, 0.25) is 0 Å². The van der Waals surface area contributed by atoms with E-state index in [0.29, 0.717) is 12.1 Å². The topological polar surface area (TPSA) is 6.48 Å². The molecule has 0 heterocycles. The number of fused-ring (bicyclic) bond motifs is 3. The van der Waals surface area contributed by atoms with E-state index in [2.05, 4.69) is 194 Å². The maximum atomic E-state index is 9.44. The van der Waals surface area contributed by atoms with Crippen LogP contribution in [0, 0.1) is 0 Å². The smallest absolute Gasteiger partial charge is 0.0630 e. The second kappa shape index (κ2) is 13.0. The van der Waals surface area contributed by atoms with Gasteiger partial charge < -0.3 is 9.80 Å². The summed E-state index contributed by atoms with van der Waals surface area (Å²) in [7, 11) is 0. The standard InChI is InChI=1S/C55H40N2/c1-55(2)50-35-39(26-30-46(50)47-33-28-44(36-51(47)55)56(40-15-7-3-8-16-40)41-17-9-4-10-18-41)45-29-23-37-25-32-49-52(34-27-38-24-31-48(45)53(37)54(38)49)57(42-19-11-5-12-20-42)43-21-13-6-14-22-43/h3-36H,1-2H3/i23D,27D. The molecule has 0 atom stereocenters. The Morgan fingerprint density at radius 1 is 0.386 bits per heavy atom. The molecule has 1 aliphatic rings. The van der Waals surface area contributed by atoms with Crippen LogP contribution in [0.15, 0.2) is 206 Å². The molecule has 2 nitrogen and oxygen atoms in total. The van der Waals surface area contributed by atoms with Gasteiger partial charge in [-0.2, -0.15) is 0 Å². The molecule has 0 aliphatic heterocycles. The number of rotatable bonds is 7. The first kappa shape index (κ1) is 31.1. The Morgan fingerprint density at radius 2 is 0.860 bits per heavy atom. The molecule has 270 valence electrons. The molecule has 0 saturated carbocycles. The minimum Gasteiger partial charge on any atom is -0.310 e. The summed E-state index contributed by atoms with van der Waals surface area (Å²) < 4.78 is 18.8. The molecular weight excluding hydrogens is 689 g/mol. The number of hydrogen-bond acceptors (Lipinski definition) is 2. The average Bonchev–Trinajstić information content (AvgIpc) is 3.50. The lowest BCUT2D eigenvalue weighted by Gasteiger charge is -2.28. The van der Waals surface area contributed by atoms with E-state index in [9.17, 15) is 2.74 Å². The van der Waals surface area contributed by atoms with Gasteiger partial charge in [0.05, 0.1) is 8.43 Å². The average molecular weight is 731 g/mol. The van der Waals surface area contributed by atoms with Crippen LogP contribution in [0.25, 0.3) is 54.6 Å². The molecule has 0 unspecified atom stereocenters. The molecule has 57 heavy (non-hydrogen) atoms. The van der Waals surface area contributed by atoms with E-state index in [0.717, 1.165) is 77.6 Å². The van der Waals surface area contributed by atoms with Crippen LogP contribution in [-0.4, -0.2) is 0 Å². The Morgan fingerprint density at radius 3 is 1.44 bits per heavy atom. The first-order chi connectivity index (χ1) is 28.9. The van der Waals surface area contributed by atoms with Gasteiger partial charge in [-0.15, -0.1) is 0 Å². The second-order valence-corrected chi connectivity index (χ2v) is 15.6. The van der Waals surface area contributed by atoms with Crippen molar-refractivity contribution in [3.05, 3.63) is 217 Å². The van der Waals surface area contributed by atoms with Crippen LogP contribution < -0.4 is 9.80 Å². The SMILES string of the molecule is [2H]c1cc(-c2ccc3c(c2)C(C)(C)c2cc(N(c4ccccc4)c4ccccc4)ccc2-3)c2ccc3c([2H])cc(N(c4ccccc4)c4ccccc4)c4ccc1c2c34. The summed E-state index contributed by atoms with van der Waals surface area (Å²) >= 11 is 0. The molecule has 0 spiro atoms. The molecule has 10 aromatic carbocycles. The summed E-state index contributed by atoms with van der Waals surface area (Å²) in [5.74, 6) is 0. The highest BCUT2D eigenvalue weighted by molar-refractivity contribution is 6.28. The third kappa shape index (κ3) is 5.25. The fraction of sp³-hybridized carbons (Fsp3) is 0.0545. The molecule has 2 heteroatoms. The molecule has 10 aromatic rings. The van der Waals surface area contributed by atoms with Gasteiger partial charge in [0, 0.05) is 39.2 Å². The van der Waals surface area contributed by atoms with Gasteiger partial charge in [-0.05, 0) is 133 Å². The fourth-order valence-corrected chi connectivity index (χ4v) is 9.26. The summed E-state index contributed by atoms with van der Waals surface area (Å²) in [6.07, 6.45) is 0. The van der Waals surface area contributed by atoms with Gasteiger partial charge in [0.1, 0.15) is 0 Å². The maximum Gasteiger partial charge on any atom is 0.0630 e. The van der Waals surface area contributed by atoms with Crippen molar-refractivity contribution in [1.29, 1.82) is 0 Å². The number of anilines is 6. The summed E-state index contributed by atoms with van der Waals surface area (Å²) in [6, 6.07) is 69.2. The minimum atomic E-state index is -0.267. The van der Waals surface area contributed by atoms with Crippen molar-refractivity contribution in [2.24, 2.45) is 0 Å². The van der Waals surface area contributed by atoms with Crippen molar-refractivity contribution < 1.29 is 2.74 Å². The van der Waals surface area contributed by atoms with E-state index < -0.39 is 0 Å². The molecular formula is C55H40N2. The van der Waals surface area contributed by atoms with Gasteiger partial charge in [-0.3, -0.25) is 0 Å². The van der Waals surface area contributed by atoms with Crippen molar-refractivity contribution in [2.45, 2.75) is 19.3 Å². The zero-order valence-corrected chi connectivity index (χ0v) is 31.9. The van der Waals surface area contributed by atoms with Gasteiger partial charge in [-0.25, -0.2) is 0 Å². The van der Waals surface area contributed by atoms with E-state index in [1.54, 1.807) is 0 Å². The molecule has 0 saturated heterocycles. The number of hydrogen-bond donors (Lipinski definition) is 0. The normalized spacial score (nSPS) is 13.4. The van der Waals surface area contributed by atoms with Crippen LogP contribution in [0.1, 0.15) is 27.7 Å². The van der Waals surface area contributed by atoms with E-state index in [-0.39, 0.29) is 5.41 Å². The first-order valence-corrected chi connectivity index (χ1v) is 19.7.